The lowest BCUT2D eigenvalue weighted by atomic mass is 9.98. The minimum absolute atomic E-state index is 0.0531. The lowest BCUT2D eigenvalue weighted by Crippen LogP contribution is -2.32. The van der Waals surface area contributed by atoms with Gasteiger partial charge >= 0.3 is 5.97 Å². The van der Waals surface area contributed by atoms with E-state index in [4.69, 9.17) is 10.8 Å². The van der Waals surface area contributed by atoms with Crippen LogP contribution in [0, 0.1) is 10.1 Å². The van der Waals surface area contributed by atoms with Crippen LogP contribution in [0.15, 0.2) is 36.4 Å². The number of nitrogens with zero attached hydrogens (tertiary/aromatic N) is 1. The Labute approximate surface area is 108 Å². The molecule has 0 saturated carbocycles. The molecule has 0 unspecified atom stereocenters. The van der Waals surface area contributed by atoms with E-state index in [9.17, 15) is 14.9 Å². The fourth-order valence-corrected chi connectivity index (χ4v) is 1.97. The summed E-state index contributed by atoms with van der Waals surface area (Å²) >= 11 is 0. The molecule has 1 atom stereocenters. The molecule has 6 nitrogen and oxygen atoms in total. The van der Waals surface area contributed by atoms with Crippen molar-refractivity contribution in [3.8, 4) is 0 Å². The Balaban J connectivity index is 2.56. The first-order valence-corrected chi connectivity index (χ1v) is 5.63. The molecular formula is C13H12N2O4. The van der Waals surface area contributed by atoms with E-state index in [0.29, 0.717) is 10.9 Å². The first-order valence-electron chi connectivity index (χ1n) is 5.63. The molecule has 0 heterocycles. The molecule has 2 rings (SSSR count). The fourth-order valence-electron chi connectivity index (χ4n) is 1.97. The molecular weight excluding hydrogens is 248 g/mol. The Hall–Kier alpha value is -2.47. The third-order valence-electron chi connectivity index (χ3n) is 2.90. The van der Waals surface area contributed by atoms with Gasteiger partial charge in [0.2, 0.25) is 0 Å². The number of carboxylic acid groups (broad SMARTS) is 1. The highest BCUT2D eigenvalue weighted by atomic mass is 16.6. The molecule has 0 bridgehead atoms. The van der Waals surface area contributed by atoms with Crippen molar-refractivity contribution in [2.45, 2.75) is 12.5 Å². The van der Waals surface area contributed by atoms with Crippen LogP contribution in [0.5, 0.6) is 0 Å². The molecule has 2 aromatic rings. The van der Waals surface area contributed by atoms with Gasteiger partial charge in [-0.05, 0) is 22.8 Å². The van der Waals surface area contributed by atoms with Crippen LogP contribution in [0.3, 0.4) is 0 Å². The zero-order valence-corrected chi connectivity index (χ0v) is 9.95. The second kappa shape index (κ2) is 5.03. The van der Waals surface area contributed by atoms with E-state index in [-0.39, 0.29) is 12.1 Å². The molecule has 0 aromatic heterocycles. The monoisotopic (exact) mass is 260 g/mol. The molecule has 0 spiro atoms. The van der Waals surface area contributed by atoms with Crippen LogP contribution in [0.4, 0.5) is 5.69 Å². The number of rotatable bonds is 4. The van der Waals surface area contributed by atoms with Gasteiger partial charge in [0.1, 0.15) is 6.04 Å². The molecule has 0 amide bonds. The van der Waals surface area contributed by atoms with Gasteiger partial charge in [-0.3, -0.25) is 14.9 Å². The van der Waals surface area contributed by atoms with E-state index in [1.54, 1.807) is 24.3 Å². The van der Waals surface area contributed by atoms with Crippen molar-refractivity contribution < 1.29 is 14.8 Å². The maximum atomic E-state index is 10.9. The number of nitro benzene ring substituents is 1. The van der Waals surface area contributed by atoms with Crippen molar-refractivity contribution in [1.29, 1.82) is 0 Å². The summed E-state index contributed by atoms with van der Waals surface area (Å²) in [5.74, 6) is -1.13. The molecule has 0 saturated heterocycles. The van der Waals surface area contributed by atoms with Gasteiger partial charge in [-0.15, -0.1) is 0 Å². The maximum absolute atomic E-state index is 10.9. The number of aliphatic carboxylic acids is 1. The van der Waals surface area contributed by atoms with Gasteiger partial charge in [0, 0.05) is 12.1 Å². The lowest BCUT2D eigenvalue weighted by Gasteiger charge is -2.09. The topological polar surface area (TPSA) is 106 Å². The summed E-state index contributed by atoms with van der Waals surface area (Å²) in [5.41, 5.74) is 6.00. The van der Waals surface area contributed by atoms with Crippen LogP contribution in [0.1, 0.15) is 5.56 Å². The number of hydrogen-bond donors (Lipinski definition) is 2. The molecule has 0 aliphatic heterocycles. The summed E-state index contributed by atoms with van der Waals surface area (Å²) in [6.07, 6.45) is 0.0531. The third-order valence-corrected chi connectivity index (χ3v) is 2.90. The highest BCUT2D eigenvalue weighted by Crippen LogP contribution is 2.26. The van der Waals surface area contributed by atoms with Crippen molar-refractivity contribution in [3.63, 3.8) is 0 Å². The Morgan fingerprint density at radius 3 is 2.68 bits per heavy atom. The summed E-state index contributed by atoms with van der Waals surface area (Å²) in [4.78, 5) is 21.2. The number of carboxylic acids is 1. The highest BCUT2D eigenvalue weighted by molar-refractivity contribution is 5.88. The first-order chi connectivity index (χ1) is 8.99. The average Bonchev–Trinajstić information content (AvgIpc) is 2.38. The van der Waals surface area contributed by atoms with Crippen molar-refractivity contribution in [1.82, 2.24) is 0 Å². The fraction of sp³-hybridized carbons (Fsp3) is 0.154. The lowest BCUT2D eigenvalue weighted by molar-refractivity contribution is -0.384. The van der Waals surface area contributed by atoms with Crippen molar-refractivity contribution in [2.75, 3.05) is 0 Å². The highest BCUT2D eigenvalue weighted by Gasteiger charge is 2.17. The van der Waals surface area contributed by atoms with Crippen LogP contribution in [-0.2, 0) is 11.2 Å². The molecule has 0 aliphatic rings. The average molecular weight is 260 g/mol. The number of nitro groups is 1. The first kappa shape index (κ1) is 13.0. The van der Waals surface area contributed by atoms with E-state index >= 15 is 0 Å². The van der Waals surface area contributed by atoms with E-state index in [0.717, 1.165) is 5.39 Å². The summed E-state index contributed by atoms with van der Waals surface area (Å²) in [6.45, 7) is 0. The van der Waals surface area contributed by atoms with Gasteiger partial charge in [0.15, 0.2) is 0 Å². The van der Waals surface area contributed by atoms with Crippen LogP contribution in [0.2, 0.25) is 0 Å². The SMILES string of the molecule is N[C@H](Cc1cc([N+](=O)[O-])cc2ccccc12)C(=O)O. The maximum Gasteiger partial charge on any atom is 0.320 e. The Bertz CT molecular complexity index is 654. The van der Waals surface area contributed by atoms with Gasteiger partial charge < -0.3 is 10.8 Å². The number of nitrogens with two attached hydrogens (primary N) is 1. The van der Waals surface area contributed by atoms with Gasteiger partial charge in [-0.1, -0.05) is 24.3 Å². The van der Waals surface area contributed by atoms with Gasteiger partial charge in [-0.25, -0.2) is 0 Å². The molecule has 6 heteroatoms. The van der Waals surface area contributed by atoms with E-state index in [1.807, 2.05) is 0 Å². The van der Waals surface area contributed by atoms with Gasteiger partial charge in [-0.2, -0.15) is 0 Å². The van der Waals surface area contributed by atoms with E-state index in [2.05, 4.69) is 0 Å². The predicted octanol–water partition coefficient (Wildman–Crippen LogP) is 1.70. The van der Waals surface area contributed by atoms with Crippen molar-refractivity contribution in [2.24, 2.45) is 5.73 Å². The zero-order chi connectivity index (χ0) is 14.0. The molecule has 0 fully saturated rings. The second-order valence-electron chi connectivity index (χ2n) is 4.23. The van der Waals surface area contributed by atoms with Crippen LogP contribution < -0.4 is 5.73 Å². The van der Waals surface area contributed by atoms with Crippen molar-refractivity contribution >= 4 is 22.4 Å². The summed E-state index contributed by atoms with van der Waals surface area (Å²) in [7, 11) is 0. The van der Waals surface area contributed by atoms with Crippen LogP contribution in [0.25, 0.3) is 10.8 Å². The Morgan fingerprint density at radius 2 is 2.05 bits per heavy atom. The standard InChI is InChI=1S/C13H12N2O4/c14-12(13(16)17)7-9-6-10(15(18)19)5-8-3-1-2-4-11(8)9/h1-6,12H,7,14H2,(H,16,17)/t12-/m1/s1. The number of non-ortho nitro benzene ring substituents is 1. The summed E-state index contributed by atoms with van der Waals surface area (Å²) in [5, 5.41) is 21.2. The minimum Gasteiger partial charge on any atom is -0.480 e. The van der Waals surface area contributed by atoms with E-state index in [1.165, 1.54) is 12.1 Å². The van der Waals surface area contributed by atoms with Gasteiger partial charge in [0.05, 0.1) is 4.92 Å². The normalized spacial score (nSPS) is 12.3. The minimum atomic E-state index is -1.13. The second-order valence-corrected chi connectivity index (χ2v) is 4.23. The van der Waals surface area contributed by atoms with Crippen LogP contribution >= 0.6 is 0 Å². The quantitative estimate of drug-likeness (QED) is 0.642. The molecule has 98 valence electrons. The van der Waals surface area contributed by atoms with Gasteiger partial charge in [0.25, 0.3) is 5.69 Å². The van der Waals surface area contributed by atoms with E-state index < -0.39 is 16.9 Å². The number of carbonyl (C=O) groups is 1. The predicted molar refractivity (Wildman–Crippen MR) is 69.9 cm³/mol. The van der Waals surface area contributed by atoms with Crippen molar-refractivity contribution in [3.05, 3.63) is 52.1 Å². The number of fused-ring (bicyclic) bond motifs is 1. The molecule has 19 heavy (non-hydrogen) atoms. The molecule has 3 N–H and O–H groups in total. The third kappa shape index (κ3) is 2.69. The Morgan fingerprint density at radius 1 is 1.37 bits per heavy atom. The summed E-state index contributed by atoms with van der Waals surface area (Å²) in [6, 6.07) is 8.87. The summed E-state index contributed by atoms with van der Waals surface area (Å²) < 4.78 is 0. The molecule has 0 aliphatic carbocycles. The number of hydrogen-bond acceptors (Lipinski definition) is 4. The zero-order valence-electron chi connectivity index (χ0n) is 9.95. The Kier molecular flexibility index (Phi) is 3.43. The molecule has 0 radical (unpaired) electrons. The number of benzene rings is 2. The van der Waals surface area contributed by atoms with Crippen LogP contribution in [-0.4, -0.2) is 22.0 Å². The largest absolute Gasteiger partial charge is 0.480 e. The smallest absolute Gasteiger partial charge is 0.320 e. The molecule has 2 aromatic carbocycles.